The van der Waals surface area contributed by atoms with Gasteiger partial charge in [-0.05, 0) is 25.0 Å². The number of oxime groups is 2. The van der Waals surface area contributed by atoms with Crippen molar-refractivity contribution < 1.29 is 14.5 Å². The lowest BCUT2D eigenvalue weighted by molar-refractivity contribution is -0.114. The average Bonchev–Trinajstić information content (AvgIpc) is 2.67. The largest absolute Gasteiger partial charge is 0.398 e. The number of hydrogen-bond donors (Lipinski definition) is 1. The van der Waals surface area contributed by atoms with Crippen LogP contribution in [0.25, 0.3) is 0 Å². The standard InChI is InChI=1S/C20H23N3O3/c1-14-9-8-12-17(19(23-25-4)20(24)21-3)18(14)13-26-22-15(2)16-10-6-5-7-11-16/h5-12H,13H2,1-4H3,(H,21,24)/b22-15+,23-19+. The minimum absolute atomic E-state index is 0.195. The van der Waals surface area contributed by atoms with Gasteiger partial charge in [0, 0.05) is 18.2 Å². The lowest BCUT2D eigenvalue weighted by Crippen LogP contribution is -2.29. The van der Waals surface area contributed by atoms with Gasteiger partial charge < -0.3 is 15.0 Å². The van der Waals surface area contributed by atoms with E-state index in [1.54, 1.807) is 7.05 Å². The lowest BCUT2D eigenvalue weighted by Gasteiger charge is -2.13. The average molecular weight is 353 g/mol. The summed E-state index contributed by atoms with van der Waals surface area (Å²) >= 11 is 0. The third-order valence-electron chi connectivity index (χ3n) is 3.89. The maximum Gasteiger partial charge on any atom is 0.273 e. The van der Waals surface area contributed by atoms with Crippen molar-refractivity contribution in [1.82, 2.24) is 5.32 Å². The Morgan fingerprint density at radius 1 is 1.08 bits per heavy atom. The van der Waals surface area contributed by atoms with E-state index >= 15 is 0 Å². The highest BCUT2D eigenvalue weighted by atomic mass is 16.6. The minimum atomic E-state index is -0.331. The van der Waals surface area contributed by atoms with E-state index in [0.717, 1.165) is 22.4 Å². The van der Waals surface area contributed by atoms with Gasteiger partial charge in [0.1, 0.15) is 13.7 Å². The lowest BCUT2D eigenvalue weighted by atomic mass is 9.98. The summed E-state index contributed by atoms with van der Waals surface area (Å²) in [5.41, 5.74) is 4.42. The van der Waals surface area contributed by atoms with Gasteiger partial charge in [-0.1, -0.05) is 58.8 Å². The van der Waals surface area contributed by atoms with Gasteiger partial charge in [-0.2, -0.15) is 0 Å². The molecule has 2 aromatic rings. The smallest absolute Gasteiger partial charge is 0.273 e. The Bertz CT molecular complexity index is 814. The van der Waals surface area contributed by atoms with Crippen molar-refractivity contribution in [1.29, 1.82) is 0 Å². The number of nitrogens with zero attached hydrogens (tertiary/aromatic N) is 2. The van der Waals surface area contributed by atoms with Gasteiger partial charge in [0.15, 0.2) is 5.71 Å². The van der Waals surface area contributed by atoms with Crippen LogP contribution in [0.5, 0.6) is 0 Å². The first-order valence-electron chi connectivity index (χ1n) is 8.22. The molecule has 0 saturated heterocycles. The molecule has 6 heteroatoms. The number of amides is 1. The van der Waals surface area contributed by atoms with E-state index in [-0.39, 0.29) is 18.2 Å². The zero-order valence-electron chi connectivity index (χ0n) is 15.4. The fourth-order valence-corrected chi connectivity index (χ4v) is 2.46. The predicted octanol–water partition coefficient (Wildman–Crippen LogP) is 3.03. The van der Waals surface area contributed by atoms with Crippen LogP contribution in [0.3, 0.4) is 0 Å². The number of benzene rings is 2. The van der Waals surface area contributed by atoms with Crippen molar-refractivity contribution in [2.45, 2.75) is 20.5 Å². The molecule has 0 radical (unpaired) electrons. The summed E-state index contributed by atoms with van der Waals surface area (Å²) < 4.78 is 0. The quantitative estimate of drug-likeness (QED) is 0.614. The molecule has 6 nitrogen and oxygen atoms in total. The molecule has 0 bridgehead atoms. The Hall–Kier alpha value is -3.15. The van der Waals surface area contributed by atoms with Gasteiger partial charge in [-0.3, -0.25) is 4.79 Å². The molecule has 0 heterocycles. The van der Waals surface area contributed by atoms with Gasteiger partial charge in [0.05, 0.1) is 5.71 Å². The first-order valence-corrected chi connectivity index (χ1v) is 8.22. The second-order valence-corrected chi connectivity index (χ2v) is 5.62. The molecule has 0 spiro atoms. The molecule has 1 N–H and O–H groups in total. The Kier molecular flexibility index (Phi) is 6.91. The molecule has 2 rings (SSSR count). The topological polar surface area (TPSA) is 72.3 Å². The minimum Gasteiger partial charge on any atom is -0.398 e. The summed E-state index contributed by atoms with van der Waals surface area (Å²) in [7, 11) is 2.95. The normalized spacial score (nSPS) is 11.8. The molecule has 0 fully saturated rings. The van der Waals surface area contributed by atoms with Gasteiger partial charge in [0.2, 0.25) is 0 Å². The van der Waals surface area contributed by atoms with Crippen LogP contribution in [-0.2, 0) is 21.1 Å². The molecule has 0 aromatic heterocycles. The van der Waals surface area contributed by atoms with E-state index in [9.17, 15) is 4.79 Å². The molecule has 0 unspecified atom stereocenters. The van der Waals surface area contributed by atoms with Crippen molar-refractivity contribution >= 4 is 17.3 Å². The second kappa shape index (κ2) is 9.36. The molecule has 0 aliphatic rings. The molecule has 26 heavy (non-hydrogen) atoms. The van der Waals surface area contributed by atoms with Crippen molar-refractivity contribution in [3.63, 3.8) is 0 Å². The van der Waals surface area contributed by atoms with E-state index in [2.05, 4.69) is 15.6 Å². The van der Waals surface area contributed by atoms with E-state index < -0.39 is 0 Å². The van der Waals surface area contributed by atoms with Gasteiger partial charge in [0.25, 0.3) is 5.91 Å². The fourth-order valence-electron chi connectivity index (χ4n) is 2.46. The van der Waals surface area contributed by atoms with Crippen molar-refractivity contribution in [3.8, 4) is 0 Å². The van der Waals surface area contributed by atoms with Crippen LogP contribution < -0.4 is 5.32 Å². The van der Waals surface area contributed by atoms with Gasteiger partial charge in [-0.15, -0.1) is 0 Å². The molecule has 0 saturated carbocycles. The number of carbonyl (C=O) groups is 1. The zero-order chi connectivity index (χ0) is 18.9. The van der Waals surface area contributed by atoms with Crippen LogP contribution in [0.2, 0.25) is 0 Å². The van der Waals surface area contributed by atoms with E-state index in [1.807, 2.05) is 62.4 Å². The summed E-state index contributed by atoms with van der Waals surface area (Å²) in [6, 6.07) is 15.4. The van der Waals surface area contributed by atoms with Crippen LogP contribution in [0, 0.1) is 6.92 Å². The predicted molar refractivity (Wildman–Crippen MR) is 102 cm³/mol. The summed E-state index contributed by atoms with van der Waals surface area (Å²) in [6.07, 6.45) is 0. The van der Waals surface area contributed by atoms with E-state index in [1.165, 1.54) is 7.11 Å². The molecular weight excluding hydrogens is 330 g/mol. The third-order valence-corrected chi connectivity index (χ3v) is 3.89. The van der Waals surface area contributed by atoms with Gasteiger partial charge in [-0.25, -0.2) is 0 Å². The maximum absolute atomic E-state index is 12.1. The monoisotopic (exact) mass is 353 g/mol. The number of likely N-dealkylation sites (N-methyl/N-ethyl adjacent to an activating group) is 1. The highest BCUT2D eigenvalue weighted by Crippen LogP contribution is 2.17. The molecular formula is C20H23N3O3. The first kappa shape index (κ1) is 19.2. The molecule has 136 valence electrons. The molecule has 0 atom stereocenters. The number of nitrogens with one attached hydrogen (secondary N) is 1. The second-order valence-electron chi connectivity index (χ2n) is 5.62. The highest BCUT2D eigenvalue weighted by molar-refractivity contribution is 6.45. The summed E-state index contributed by atoms with van der Waals surface area (Å²) in [5.74, 6) is -0.331. The highest BCUT2D eigenvalue weighted by Gasteiger charge is 2.19. The van der Waals surface area contributed by atoms with E-state index in [4.69, 9.17) is 9.68 Å². The summed E-state index contributed by atoms with van der Waals surface area (Å²) in [5, 5.41) is 10.6. The third kappa shape index (κ3) is 4.69. The maximum atomic E-state index is 12.1. The van der Waals surface area contributed by atoms with Crippen LogP contribution >= 0.6 is 0 Å². The summed E-state index contributed by atoms with van der Waals surface area (Å²) in [6.45, 7) is 4.05. The van der Waals surface area contributed by atoms with Crippen LogP contribution in [0.4, 0.5) is 0 Å². The van der Waals surface area contributed by atoms with Gasteiger partial charge >= 0.3 is 0 Å². The summed E-state index contributed by atoms with van der Waals surface area (Å²) in [4.78, 5) is 22.5. The van der Waals surface area contributed by atoms with Crippen LogP contribution in [0.1, 0.15) is 29.2 Å². The number of hydrogen-bond acceptors (Lipinski definition) is 5. The Morgan fingerprint density at radius 2 is 1.81 bits per heavy atom. The van der Waals surface area contributed by atoms with Crippen molar-refractivity contribution in [2.24, 2.45) is 10.3 Å². The first-order chi connectivity index (χ1) is 12.6. The molecule has 1 amide bonds. The van der Waals surface area contributed by atoms with Crippen LogP contribution in [-0.4, -0.2) is 31.5 Å². The van der Waals surface area contributed by atoms with Crippen LogP contribution in [0.15, 0.2) is 58.8 Å². The SMILES string of the molecule is CNC(=O)/C(=N/OC)c1cccc(C)c1CO/N=C(\C)c1ccccc1. The Balaban J connectivity index is 2.27. The molecule has 0 aliphatic heterocycles. The van der Waals surface area contributed by atoms with E-state index in [0.29, 0.717) is 5.56 Å². The number of aryl methyl sites for hydroxylation is 1. The number of carbonyl (C=O) groups excluding carboxylic acids is 1. The van der Waals surface area contributed by atoms with Crippen molar-refractivity contribution in [3.05, 3.63) is 70.8 Å². The zero-order valence-corrected chi connectivity index (χ0v) is 15.4. The molecule has 0 aliphatic carbocycles. The fraction of sp³-hybridized carbons (Fsp3) is 0.250. The Morgan fingerprint density at radius 3 is 2.46 bits per heavy atom. The molecule has 2 aromatic carbocycles. The Labute approximate surface area is 153 Å². The number of rotatable bonds is 7. The van der Waals surface area contributed by atoms with Crippen molar-refractivity contribution in [2.75, 3.05) is 14.2 Å².